The van der Waals surface area contributed by atoms with Gasteiger partial charge in [-0.3, -0.25) is 4.79 Å². The van der Waals surface area contributed by atoms with Gasteiger partial charge in [0.05, 0.1) is 0 Å². The molecule has 1 aliphatic heterocycles. The predicted molar refractivity (Wildman–Crippen MR) is 93.2 cm³/mol. The van der Waals surface area contributed by atoms with Gasteiger partial charge in [0.2, 0.25) is 6.79 Å². The van der Waals surface area contributed by atoms with E-state index in [9.17, 15) is 9.18 Å². The Hall–Kier alpha value is -2.56. The van der Waals surface area contributed by atoms with Crippen molar-refractivity contribution >= 4 is 5.91 Å². The van der Waals surface area contributed by atoms with E-state index >= 15 is 0 Å². The largest absolute Gasteiger partial charge is 0.454 e. The summed E-state index contributed by atoms with van der Waals surface area (Å²) in [6, 6.07) is 11.5. The van der Waals surface area contributed by atoms with Crippen molar-refractivity contribution in [3.05, 3.63) is 59.4 Å². The number of fused-ring (bicyclic) bond motifs is 1. The number of hydrogen-bond acceptors (Lipinski definition) is 3. The molecule has 0 fully saturated rings. The molecule has 1 heterocycles. The van der Waals surface area contributed by atoms with Gasteiger partial charge in [0.1, 0.15) is 5.82 Å². The average Bonchev–Trinajstić information content (AvgIpc) is 3.10. The van der Waals surface area contributed by atoms with Crippen LogP contribution in [0.15, 0.2) is 42.5 Å². The minimum atomic E-state index is -0.275. The maximum Gasteiger partial charge on any atom is 0.254 e. The van der Waals surface area contributed by atoms with Gasteiger partial charge in [0, 0.05) is 18.7 Å². The molecule has 25 heavy (non-hydrogen) atoms. The molecule has 0 radical (unpaired) electrons. The molecule has 3 rings (SSSR count). The van der Waals surface area contributed by atoms with Crippen LogP contribution in [-0.2, 0) is 6.54 Å². The summed E-state index contributed by atoms with van der Waals surface area (Å²) in [6.07, 6.45) is 3.09. The smallest absolute Gasteiger partial charge is 0.254 e. The van der Waals surface area contributed by atoms with Crippen LogP contribution in [0.2, 0.25) is 0 Å². The van der Waals surface area contributed by atoms with Gasteiger partial charge >= 0.3 is 0 Å². The zero-order valence-electron chi connectivity index (χ0n) is 14.3. The van der Waals surface area contributed by atoms with Crippen LogP contribution in [0.5, 0.6) is 11.5 Å². The number of carbonyl (C=O) groups excluding carboxylic acids is 1. The van der Waals surface area contributed by atoms with Gasteiger partial charge in [0.25, 0.3) is 5.91 Å². The Morgan fingerprint density at radius 1 is 1.08 bits per heavy atom. The summed E-state index contributed by atoms with van der Waals surface area (Å²) in [5, 5.41) is 0. The minimum Gasteiger partial charge on any atom is -0.454 e. The summed E-state index contributed by atoms with van der Waals surface area (Å²) < 4.78 is 23.8. The Bertz CT molecular complexity index is 730. The van der Waals surface area contributed by atoms with Crippen LogP contribution in [0.4, 0.5) is 4.39 Å². The van der Waals surface area contributed by atoms with Gasteiger partial charge in [-0.2, -0.15) is 0 Å². The first kappa shape index (κ1) is 17.3. The quantitative estimate of drug-likeness (QED) is 0.700. The lowest BCUT2D eigenvalue weighted by Gasteiger charge is -2.23. The van der Waals surface area contributed by atoms with Crippen LogP contribution in [-0.4, -0.2) is 24.1 Å². The van der Waals surface area contributed by atoms with E-state index in [1.54, 1.807) is 35.2 Å². The van der Waals surface area contributed by atoms with Gasteiger partial charge in [-0.15, -0.1) is 0 Å². The summed E-state index contributed by atoms with van der Waals surface area (Å²) in [7, 11) is 0. The van der Waals surface area contributed by atoms with Crippen LogP contribution < -0.4 is 9.47 Å². The fraction of sp³-hybridized carbons (Fsp3) is 0.350. The molecule has 2 aromatic carbocycles. The van der Waals surface area contributed by atoms with E-state index < -0.39 is 0 Å². The van der Waals surface area contributed by atoms with Crippen LogP contribution in [0, 0.1) is 5.82 Å². The average molecular weight is 343 g/mol. The third kappa shape index (κ3) is 4.29. The fourth-order valence-electron chi connectivity index (χ4n) is 2.83. The lowest BCUT2D eigenvalue weighted by Crippen LogP contribution is -2.31. The molecule has 1 amide bonds. The number of rotatable bonds is 7. The van der Waals surface area contributed by atoms with Crippen LogP contribution in [0.3, 0.4) is 0 Å². The maximum atomic E-state index is 13.1. The van der Waals surface area contributed by atoms with Crippen LogP contribution >= 0.6 is 0 Å². The summed E-state index contributed by atoms with van der Waals surface area (Å²) in [6.45, 7) is 3.43. The molecule has 0 N–H and O–H groups in total. The zero-order valence-corrected chi connectivity index (χ0v) is 14.3. The molecule has 0 bridgehead atoms. The normalized spacial score (nSPS) is 12.2. The number of nitrogens with zero attached hydrogens (tertiary/aromatic N) is 1. The van der Waals surface area contributed by atoms with E-state index in [1.165, 1.54) is 12.1 Å². The molecule has 1 aliphatic rings. The van der Waals surface area contributed by atoms with E-state index in [0.29, 0.717) is 30.2 Å². The molecule has 0 unspecified atom stereocenters. The minimum absolute atomic E-state index is 0.0567. The second kappa shape index (κ2) is 8.01. The standard InChI is InChI=1S/C20H22FNO3/c1-2-3-4-11-22(13-15-5-8-17(21)9-6-15)20(23)16-7-10-18-19(12-16)25-14-24-18/h5-10,12H,2-4,11,13-14H2,1H3. The molecule has 5 heteroatoms. The molecule has 4 nitrogen and oxygen atoms in total. The molecule has 0 saturated carbocycles. The second-order valence-electron chi connectivity index (χ2n) is 6.13. The third-order valence-corrected chi connectivity index (χ3v) is 4.23. The van der Waals surface area contributed by atoms with E-state index in [-0.39, 0.29) is 18.5 Å². The molecular weight excluding hydrogens is 321 g/mol. The first-order valence-electron chi connectivity index (χ1n) is 8.60. The SMILES string of the molecule is CCCCCN(Cc1ccc(F)cc1)C(=O)c1ccc2c(c1)OCO2. The molecule has 0 aliphatic carbocycles. The Morgan fingerprint density at radius 2 is 1.84 bits per heavy atom. The number of hydrogen-bond donors (Lipinski definition) is 0. The van der Waals surface area contributed by atoms with Crippen molar-refractivity contribution < 1.29 is 18.7 Å². The van der Waals surface area contributed by atoms with Crippen molar-refractivity contribution in [3.63, 3.8) is 0 Å². The summed E-state index contributed by atoms with van der Waals surface area (Å²) in [5.41, 5.74) is 1.48. The Kier molecular flexibility index (Phi) is 5.53. The second-order valence-corrected chi connectivity index (χ2v) is 6.13. The van der Waals surface area contributed by atoms with Gasteiger partial charge in [-0.1, -0.05) is 31.9 Å². The van der Waals surface area contributed by atoms with Crippen molar-refractivity contribution in [3.8, 4) is 11.5 Å². The Labute approximate surface area is 147 Å². The van der Waals surface area contributed by atoms with Crippen molar-refractivity contribution in [2.24, 2.45) is 0 Å². The predicted octanol–water partition coefficient (Wildman–Crippen LogP) is 4.39. The molecule has 0 spiro atoms. The lowest BCUT2D eigenvalue weighted by molar-refractivity contribution is 0.0739. The number of ether oxygens (including phenoxy) is 2. The van der Waals surface area contributed by atoms with Gasteiger partial charge in [-0.25, -0.2) is 4.39 Å². The lowest BCUT2D eigenvalue weighted by atomic mass is 10.1. The summed E-state index contributed by atoms with van der Waals surface area (Å²) >= 11 is 0. The molecule has 0 atom stereocenters. The zero-order chi connectivity index (χ0) is 17.6. The first-order valence-corrected chi connectivity index (χ1v) is 8.60. The van der Waals surface area contributed by atoms with Crippen molar-refractivity contribution in [2.75, 3.05) is 13.3 Å². The monoisotopic (exact) mass is 343 g/mol. The molecular formula is C20H22FNO3. The fourth-order valence-corrected chi connectivity index (χ4v) is 2.83. The van der Waals surface area contributed by atoms with Crippen molar-refractivity contribution in [1.82, 2.24) is 4.90 Å². The highest BCUT2D eigenvalue weighted by Gasteiger charge is 2.20. The van der Waals surface area contributed by atoms with Gasteiger partial charge in [0.15, 0.2) is 11.5 Å². The highest BCUT2D eigenvalue weighted by atomic mass is 19.1. The number of unbranched alkanes of at least 4 members (excludes halogenated alkanes) is 2. The topological polar surface area (TPSA) is 38.8 Å². The number of amides is 1. The third-order valence-electron chi connectivity index (χ3n) is 4.23. The highest BCUT2D eigenvalue weighted by molar-refractivity contribution is 5.95. The summed E-state index contributed by atoms with van der Waals surface area (Å²) in [4.78, 5) is 14.8. The van der Waals surface area contributed by atoms with E-state index in [0.717, 1.165) is 24.8 Å². The van der Waals surface area contributed by atoms with Gasteiger partial charge in [-0.05, 0) is 42.3 Å². The van der Waals surface area contributed by atoms with E-state index in [4.69, 9.17) is 9.47 Å². The molecule has 2 aromatic rings. The number of benzene rings is 2. The number of carbonyl (C=O) groups is 1. The Morgan fingerprint density at radius 3 is 2.60 bits per heavy atom. The highest BCUT2D eigenvalue weighted by Crippen LogP contribution is 2.33. The first-order chi connectivity index (χ1) is 12.2. The van der Waals surface area contributed by atoms with Crippen LogP contribution in [0.1, 0.15) is 42.1 Å². The Balaban J connectivity index is 1.77. The van der Waals surface area contributed by atoms with Crippen LogP contribution in [0.25, 0.3) is 0 Å². The maximum absolute atomic E-state index is 13.1. The van der Waals surface area contributed by atoms with E-state index in [1.807, 2.05) is 0 Å². The van der Waals surface area contributed by atoms with Crippen molar-refractivity contribution in [1.29, 1.82) is 0 Å². The number of halogens is 1. The van der Waals surface area contributed by atoms with Crippen molar-refractivity contribution in [2.45, 2.75) is 32.7 Å². The molecule has 0 saturated heterocycles. The van der Waals surface area contributed by atoms with E-state index in [2.05, 4.69) is 6.92 Å². The molecule has 0 aromatic heterocycles. The molecule has 132 valence electrons. The summed E-state index contributed by atoms with van der Waals surface area (Å²) in [5.74, 6) is 0.927. The van der Waals surface area contributed by atoms with Gasteiger partial charge < -0.3 is 14.4 Å².